The zero-order valence-corrected chi connectivity index (χ0v) is 13.4. The first kappa shape index (κ1) is 16.5. The van der Waals surface area contributed by atoms with Gasteiger partial charge in [-0.2, -0.15) is 0 Å². The number of aryl methyl sites for hydroxylation is 1. The predicted octanol–water partition coefficient (Wildman–Crippen LogP) is 3.28. The first-order chi connectivity index (χ1) is 11.0. The van der Waals surface area contributed by atoms with Crippen LogP contribution in [0.25, 0.3) is 0 Å². The molecule has 5 nitrogen and oxygen atoms in total. The van der Waals surface area contributed by atoms with Gasteiger partial charge in [0.25, 0.3) is 0 Å². The van der Waals surface area contributed by atoms with Crippen LogP contribution >= 0.6 is 0 Å². The van der Waals surface area contributed by atoms with Gasteiger partial charge < -0.3 is 15.4 Å². The van der Waals surface area contributed by atoms with Crippen molar-refractivity contribution in [1.82, 2.24) is 0 Å². The Hall–Kier alpha value is -2.82. The molecule has 0 aliphatic carbocycles. The van der Waals surface area contributed by atoms with E-state index in [9.17, 15) is 9.59 Å². The molecule has 2 aromatic rings. The van der Waals surface area contributed by atoms with Gasteiger partial charge in [0.05, 0.1) is 7.11 Å². The number of rotatable bonds is 5. The maximum Gasteiger partial charge on any atom is 0.332 e. The van der Waals surface area contributed by atoms with E-state index in [-0.39, 0.29) is 11.9 Å². The largest absolute Gasteiger partial charge is 0.467 e. The summed E-state index contributed by atoms with van der Waals surface area (Å²) in [5.74, 6) is -0.519. The summed E-state index contributed by atoms with van der Waals surface area (Å²) in [6, 6.07) is 14.2. The summed E-state index contributed by atoms with van der Waals surface area (Å²) in [4.78, 5) is 23.3. The molecule has 0 saturated carbocycles. The molecule has 1 amide bonds. The fraction of sp³-hybridized carbons (Fsp3) is 0.222. The number of benzene rings is 2. The molecule has 0 heterocycles. The third-order valence-electron chi connectivity index (χ3n) is 3.43. The van der Waals surface area contributed by atoms with Gasteiger partial charge in [0.15, 0.2) is 6.04 Å². The lowest BCUT2D eigenvalue weighted by Gasteiger charge is -2.20. The van der Waals surface area contributed by atoms with Crippen LogP contribution in [0.1, 0.15) is 24.1 Å². The Morgan fingerprint density at radius 2 is 1.74 bits per heavy atom. The van der Waals surface area contributed by atoms with E-state index in [1.165, 1.54) is 14.0 Å². The zero-order chi connectivity index (χ0) is 16.8. The number of carbonyl (C=O) groups is 2. The number of hydrogen-bond donors (Lipinski definition) is 2. The molecule has 0 aromatic heterocycles. The van der Waals surface area contributed by atoms with Crippen LogP contribution < -0.4 is 10.6 Å². The molecule has 120 valence electrons. The number of nitrogens with one attached hydrogen (secondary N) is 2. The Morgan fingerprint density at radius 3 is 2.39 bits per heavy atom. The fourth-order valence-electron chi connectivity index (χ4n) is 2.35. The molecule has 0 fully saturated rings. The summed E-state index contributed by atoms with van der Waals surface area (Å²) >= 11 is 0. The molecule has 0 radical (unpaired) electrons. The van der Waals surface area contributed by atoms with Gasteiger partial charge in [-0.25, -0.2) is 4.79 Å². The second-order valence-electron chi connectivity index (χ2n) is 5.22. The van der Waals surface area contributed by atoms with Crippen LogP contribution in [0.3, 0.4) is 0 Å². The number of amides is 1. The molecule has 5 heteroatoms. The van der Waals surface area contributed by atoms with E-state index in [1.54, 1.807) is 18.2 Å². The Morgan fingerprint density at radius 1 is 1.04 bits per heavy atom. The number of methoxy groups -OCH3 is 1. The molecular formula is C18H20N2O3. The first-order valence-corrected chi connectivity index (χ1v) is 7.29. The quantitative estimate of drug-likeness (QED) is 0.831. The van der Waals surface area contributed by atoms with Crippen molar-refractivity contribution in [1.29, 1.82) is 0 Å². The summed E-state index contributed by atoms with van der Waals surface area (Å²) in [5.41, 5.74) is 3.23. The van der Waals surface area contributed by atoms with Crippen molar-refractivity contribution in [3.63, 3.8) is 0 Å². The van der Waals surface area contributed by atoms with Crippen molar-refractivity contribution >= 4 is 23.3 Å². The minimum absolute atomic E-state index is 0.148. The van der Waals surface area contributed by atoms with Crippen LogP contribution in [-0.4, -0.2) is 19.0 Å². The number of carbonyl (C=O) groups excluding carboxylic acids is 2. The van der Waals surface area contributed by atoms with Gasteiger partial charge >= 0.3 is 5.97 Å². The maximum absolute atomic E-state index is 12.2. The van der Waals surface area contributed by atoms with Crippen molar-refractivity contribution in [2.24, 2.45) is 0 Å². The second-order valence-corrected chi connectivity index (χ2v) is 5.22. The average molecular weight is 312 g/mol. The van der Waals surface area contributed by atoms with Crippen molar-refractivity contribution in [2.45, 2.75) is 19.9 Å². The van der Waals surface area contributed by atoms with Gasteiger partial charge in [-0.05, 0) is 36.2 Å². The smallest absolute Gasteiger partial charge is 0.332 e. The van der Waals surface area contributed by atoms with E-state index in [4.69, 9.17) is 4.74 Å². The summed E-state index contributed by atoms with van der Waals surface area (Å²) in [7, 11) is 1.36. The highest BCUT2D eigenvalue weighted by Gasteiger charge is 2.22. The molecular weight excluding hydrogens is 292 g/mol. The van der Waals surface area contributed by atoms with E-state index in [2.05, 4.69) is 10.6 Å². The number of esters is 1. The van der Waals surface area contributed by atoms with Crippen LogP contribution in [0.5, 0.6) is 0 Å². The Labute approximate surface area is 135 Å². The minimum Gasteiger partial charge on any atom is -0.467 e. The molecule has 1 atom stereocenters. The lowest BCUT2D eigenvalue weighted by Crippen LogP contribution is -2.23. The highest BCUT2D eigenvalue weighted by Crippen LogP contribution is 2.25. The topological polar surface area (TPSA) is 67.4 Å². The summed E-state index contributed by atoms with van der Waals surface area (Å²) in [6.07, 6.45) is 0. The Bertz CT molecular complexity index is 713. The van der Waals surface area contributed by atoms with Crippen molar-refractivity contribution in [3.05, 3.63) is 59.7 Å². The lowest BCUT2D eigenvalue weighted by atomic mass is 10.0. The molecule has 2 rings (SSSR count). The lowest BCUT2D eigenvalue weighted by molar-refractivity contribution is -0.141. The van der Waals surface area contributed by atoms with Crippen LogP contribution in [0, 0.1) is 6.92 Å². The monoisotopic (exact) mass is 312 g/mol. The van der Waals surface area contributed by atoms with Crippen LogP contribution in [0.15, 0.2) is 48.5 Å². The summed E-state index contributed by atoms with van der Waals surface area (Å²) in [6.45, 7) is 3.39. The Kier molecular flexibility index (Phi) is 5.36. The molecule has 0 aliphatic rings. The molecule has 0 aliphatic heterocycles. The SMILES string of the molecule is COC(=O)[C@H](Nc1cccc(NC(C)=O)c1)c1ccccc1C. The normalized spacial score (nSPS) is 11.4. The van der Waals surface area contributed by atoms with Gasteiger partial charge in [-0.15, -0.1) is 0 Å². The molecule has 0 bridgehead atoms. The molecule has 0 spiro atoms. The van der Waals surface area contributed by atoms with Gasteiger partial charge in [-0.1, -0.05) is 30.3 Å². The zero-order valence-electron chi connectivity index (χ0n) is 13.4. The van der Waals surface area contributed by atoms with Gasteiger partial charge in [0.2, 0.25) is 5.91 Å². The van der Waals surface area contributed by atoms with E-state index in [0.717, 1.165) is 16.8 Å². The van der Waals surface area contributed by atoms with Crippen molar-refractivity contribution < 1.29 is 14.3 Å². The standard InChI is InChI=1S/C18H20N2O3/c1-12-7-4-5-10-16(12)17(18(22)23-3)20-15-9-6-8-14(11-15)19-13(2)21/h4-11,17,20H,1-3H3,(H,19,21)/t17-/m1/s1. The van der Waals surface area contributed by atoms with Gasteiger partial charge in [0.1, 0.15) is 0 Å². The van der Waals surface area contributed by atoms with Crippen LogP contribution in [0.2, 0.25) is 0 Å². The molecule has 0 unspecified atom stereocenters. The van der Waals surface area contributed by atoms with Crippen LogP contribution in [0.4, 0.5) is 11.4 Å². The van der Waals surface area contributed by atoms with Gasteiger partial charge in [0, 0.05) is 18.3 Å². The molecule has 23 heavy (non-hydrogen) atoms. The third kappa shape index (κ3) is 4.32. The summed E-state index contributed by atoms with van der Waals surface area (Å²) in [5, 5.41) is 5.89. The van der Waals surface area contributed by atoms with Crippen molar-refractivity contribution in [3.8, 4) is 0 Å². The highest BCUT2D eigenvalue weighted by molar-refractivity contribution is 5.89. The van der Waals surface area contributed by atoms with E-state index < -0.39 is 6.04 Å². The predicted molar refractivity (Wildman–Crippen MR) is 90.3 cm³/mol. The number of hydrogen-bond acceptors (Lipinski definition) is 4. The highest BCUT2D eigenvalue weighted by atomic mass is 16.5. The Balaban J connectivity index is 2.30. The number of ether oxygens (including phenoxy) is 1. The second kappa shape index (κ2) is 7.45. The van der Waals surface area contributed by atoms with E-state index in [0.29, 0.717) is 5.69 Å². The molecule has 2 aromatic carbocycles. The minimum atomic E-state index is -0.617. The average Bonchev–Trinajstić information content (AvgIpc) is 2.52. The molecule has 2 N–H and O–H groups in total. The number of anilines is 2. The summed E-state index contributed by atoms with van der Waals surface area (Å²) < 4.78 is 4.92. The van der Waals surface area contributed by atoms with E-state index >= 15 is 0 Å². The van der Waals surface area contributed by atoms with E-state index in [1.807, 2.05) is 37.3 Å². The third-order valence-corrected chi connectivity index (χ3v) is 3.43. The van der Waals surface area contributed by atoms with Crippen molar-refractivity contribution in [2.75, 3.05) is 17.7 Å². The van der Waals surface area contributed by atoms with Crippen LogP contribution in [-0.2, 0) is 14.3 Å². The fourth-order valence-corrected chi connectivity index (χ4v) is 2.35. The maximum atomic E-state index is 12.2. The molecule has 0 saturated heterocycles. The first-order valence-electron chi connectivity index (χ1n) is 7.29. The van der Waals surface area contributed by atoms with Gasteiger partial charge in [-0.3, -0.25) is 4.79 Å².